The third-order valence-corrected chi connectivity index (χ3v) is 10.7. The first-order valence-electron chi connectivity index (χ1n) is 11.1. The molecule has 3 aliphatic rings. The molecular weight excluding hydrogens is 412 g/mol. The van der Waals surface area contributed by atoms with E-state index < -0.39 is 10.1 Å². The predicted molar refractivity (Wildman–Crippen MR) is 123 cm³/mol. The molecule has 0 bridgehead atoms. The molecule has 164 valence electrons. The summed E-state index contributed by atoms with van der Waals surface area (Å²) in [4.78, 5) is 19.9. The van der Waals surface area contributed by atoms with Crippen LogP contribution < -0.4 is 9.62 Å². The quantitative estimate of drug-likeness (QED) is 0.538. The van der Waals surface area contributed by atoms with Crippen LogP contribution in [0.2, 0.25) is 0 Å². The number of hydrogen-bond donors (Lipinski definition) is 3. The van der Waals surface area contributed by atoms with Gasteiger partial charge in [-0.3, -0.25) is 8.93 Å². The first-order chi connectivity index (χ1) is 15.1. The van der Waals surface area contributed by atoms with Crippen LogP contribution in [-0.2, 0) is 19.6 Å². The van der Waals surface area contributed by atoms with Crippen molar-refractivity contribution in [3.05, 3.63) is 36.3 Å². The number of aromatic nitrogens is 4. The lowest BCUT2D eigenvalue weighted by atomic mass is 10.1. The fourth-order valence-corrected chi connectivity index (χ4v) is 8.42. The number of aromatic amines is 1. The number of pyridine rings is 1. The number of ether oxygens (including phenoxy) is 1. The molecule has 3 aromatic rings. The van der Waals surface area contributed by atoms with Crippen molar-refractivity contribution in [1.29, 1.82) is 0 Å². The van der Waals surface area contributed by atoms with E-state index in [1.807, 2.05) is 18.3 Å². The van der Waals surface area contributed by atoms with Gasteiger partial charge in [-0.15, -0.1) is 0 Å². The van der Waals surface area contributed by atoms with Crippen LogP contribution in [0.15, 0.2) is 30.6 Å². The first kappa shape index (κ1) is 19.3. The van der Waals surface area contributed by atoms with E-state index in [1.54, 1.807) is 6.20 Å². The molecule has 1 aliphatic carbocycles. The number of H-pyrrole nitrogens is 1. The van der Waals surface area contributed by atoms with Gasteiger partial charge in [0, 0.05) is 48.3 Å². The Morgan fingerprint density at radius 1 is 1.29 bits per heavy atom. The molecule has 1 saturated carbocycles. The molecule has 9 heteroatoms. The Bertz CT molecular complexity index is 1180. The van der Waals surface area contributed by atoms with E-state index in [4.69, 9.17) is 14.7 Å². The minimum absolute atomic E-state index is 0.227. The van der Waals surface area contributed by atoms with Crippen LogP contribution in [-0.4, -0.2) is 62.2 Å². The van der Waals surface area contributed by atoms with Crippen molar-refractivity contribution in [3.8, 4) is 11.4 Å². The Kier molecular flexibility index (Phi) is 4.42. The molecule has 2 N–H and O–H groups in total. The van der Waals surface area contributed by atoms with E-state index in [9.17, 15) is 4.21 Å². The second-order valence-corrected chi connectivity index (χ2v) is 12.0. The van der Waals surface area contributed by atoms with E-state index in [0.717, 1.165) is 66.2 Å². The molecule has 2 saturated heterocycles. The second kappa shape index (κ2) is 7.08. The third-order valence-electron chi connectivity index (χ3n) is 6.98. The molecule has 1 atom stereocenters. The molecule has 8 nitrogen and oxygen atoms in total. The Morgan fingerprint density at radius 2 is 2.19 bits per heavy atom. The van der Waals surface area contributed by atoms with Gasteiger partial charge in [-0.1, -0.05) is 0 Å². The number of thiol groups is 1. The summed E-state index contributed by atoms with van der Waals surface area (Å²) in [7, 11) is -2.51. The minimum atomic E-state index is -2.51. The lowest BCUT2D eigenvalue weighted by molar-refractivity contribution is 0.0985. The topological polar surface area (TPSA) is 96.0 Å². The number of hydrogen-bond acceptors (Lipinski definition) is 6. The number of nitrogens with one attached hydrogen (secondary N) is 2. The molecule has 0 radical (unpaired) electrons. The highest BCUT2D eigenvalue weighted by molar-refractivity contribution is 8.02. The number of rotatable bonds is 4. The highest BCUT2D eigenvalue weighted by atomic mass is 32.3. The summed E-state index contributed by atoms with van der Waals surface area (Å²) in [6.07, 6.45) is 6.48. The van der Waals surface area contributed by atoms with Gasteiger partial charge in [0.1, 0.15) is 11.5 Å². The summed E-state index contributed by atoms with van der Waals surface area (Å²) in [5.41, 5.74) is 2.69. The van der Waals surface area contributed by atoms with Crippen LogP contribution in [0.4, 0.5) is 5.82 Å². The van der Waals surface area contributed by atoms with Gasteiger partial charge in [-0.05, 0) is 48.4 Å². The molecular formula is C22H28N6O2S. The first-order valence-corrected chi connectivity index (χ1v) is 13.0. The van der Waals surface area contributed by atoms with Gasteiger partial charge in [0.25, 0.3) is 0 Å². The van der Waals surface area contributed by atoms with Crippen LogP contribution in [0.3, 0.4) is 0 Å². The lowest BCUT2D eigenvalue weighted by Crippen LogP contribution is -2.44. The molecule has 5 heterocycles. The summed E-state index contributed by atoms with van der Waals surface area (Å²) in [6, 6.07) is 6.30. The standard InChI is InChI=1S/C22H28N6O2S/c1-15-14-30-11-10-28(15)19-13-18(22(5-6-22)31(29)12-2-7-25-31)26-21(27-19)17-4-9-24-20-16(17)3-8-23-20/h3-4,8-9,13,15,31H,2,5-7,10-12,14H2,1H3,(H,23,24)(H,25,29)/t15-/m1/s1. The van der Waals surface area contributed by atoms with Crippen LogP contribution in [0.1, 0.15) is 31.9 Å². The summed E-state index contributed by atoms with van der Waals surface area (Å²) in [6.45, 7) is 5.14. The smallest absolute Gasteiger partial charge is 0.162 e. The van der Waals surface area contributed by atoms with Gasteiger partial charge in [0.15, 0.2) is 5.82 Å². The number of morpholine rings is 1. The van der Waals surface area contributed by atoms with Crippen LogP contribution >= 0.6 is 0 Å². The molecule has 6 rings (SSSR count). The maximum absolute atomic E-state index is 13.8. The van der Waals surface area contributed by atoms with Gasteiger partial charge >= 0.3 is 0 Å². The molecule has 0 amide bonds. The average molecular weight is 441 g/mol. The Balaban J connectivity index is 1.53. The van der Waals surface area contributed by atoms with Crippen molar-refractivity contribution in [2.75, 3.05) is 37.0 Å². The molecule has 0 spiro atoms. The van der Waals surface area contributed by atoms with Crippen LogP contribution in [0, 0.1) is 0 Å². The fourth-order valence-electron chi connectivity index (χ4n) is 5.09. The Morgan fingerprint density at radius 3 is 2.97 bits per heavy atom. The number of nitrogens with zero attached hydrogens (tertiary/aromatic N) is 4. The van der Waals surface area contributed by atoms with E-state index in [-0.39, 0.29) is 10.8 Å². The SMILES string of the molecule is C[C@@H]1COCCN1c1cc(C2([SH]3(=O)CCCN3)CC2)nc(-c2ccnc3[nH]ccc23)n1. The van der Waals surface area contributed by atoms with E-state index >= 15 is 0 Å². The maximum Gasteiger partial charge on any atom is 0.162 e. The van der Waals surface area contributed by atoms with Crippen LogP contribution in [0.25, 0.3) is 22.4 Å². The van der Waals surface area contributed by atoms with Crippen molar-refractivity contribution < 1.29 is 8.95 Å². The summed E-state index contributed by atoms with van der Waals surface area (Å²) >= 11 is 0. The van der Waals surface area contributed by atoms with Crippen LogP contribution in [0.5, 0.6) is 0 Å². The zero-order chi connectivity index (χ0) is 21.1. The third kappa shape index (κ3) is 3.01. The van der Waals surface area contributed by atoms with Crippen molar-refractivity contribution in [2.24, 2.45) is 0 Å². The zero-order valence-electron chi connectivity index (χ0n) is 17.7. The fraction of sp³-hybridized carbons (Fsp3) is 0.500. The second-order valence-electron chi connectivity index (χ2n) is 8.91. The van der Waals surface area contributed by atoms with Gasteiger partial charge in [0.05, 0.1) is 29.7 Å². The van der Waals surface area contributed by atoms with Gasteiger partial charge < -0.3 is 14.6 Å². The molecule has 3 aromatic heterocycles. The van der Waals surface area contributed by atoms with Crippen molar-refractivity contribution in [3.63, 3.8) is 0 Å². The summed E-state index contributed by atoms with van der Waals surface area (Å²) < 4.78 is 22.5. The summed E-state index contributed by atoms with van der Waals surface area (Å²) in [5, 5.41) is 0.996. The minimum Gasteiger partial charge on any atom is -0.377 e. The maximum atomic E-state index is 13.8. The van der Waals surface area contributed by atoms with Gasteiger partial charge in [-0.25, -0.2) is 15.0 Å². The zero-order valence-corrected chi connectivity index (χ0v) is 18.6. The molecule has 31 heavy (non-hydrogen) atoms. The Labute approximate surface area is 182 Å². The molecule has 0 aromatic carbocycles. The molecule has 0 unspecified atom stereocenters. The Hall–Kier alpha value is -2.36. The van der Waals surface area contributed by atoms with E-state index in [1.165, 1.54) is 0 Å². The largest absolute Gasteiger partial charge is 0.377 e. The number of fused-ring (bicyclic) bond motifs is 1. The summed E-state index contributed by atoms with van der Waals surface area (Å²) in [5.74, 6) is 2.33. The van der Waals surface area contributed by atoms with Gasteiger partial charge in [0.2, 0.25) is 0 Å². The predicted octanol–water partition coefficient (Wildman–Crippen LogP) is 2.16. The monoisotopic (exact) mass is 440 g/mol. The van der Waals surface area contributed by atoms with Crippen molar-refractivity contribution >= 4 is 27.0 Å². The van der Waals surface area contributed by atoms with Crippen molar-refractivity contribution in [1.82, 2.24) is 24.7 Å². The highest BCUT2D eigenvalue weighted by Gasteiger charge is 2.57. The van der Waals surface area contributed by atoms with E-state index in [2.05, 4.69) is 32.6 Å². The molecule has 2 aliphatic heterocycles. The van der Waals surface area contributed by atoms with Crippen molar-refractivity contribution in [2.45, 2.75) is 37.0 Å². The lowest BCUT2D eigenvalue weighted by Gasteiger charge is -2.35. The van der Waals surface area contributed by atoms with Gasteiger partial charge in [-0.2, -0.15) is 0 Å². The molecule has 3 fully saturated rings. The highest BCUT2D eigenvalue weighted by Crippen LogP contribution is 2.56. The average Bonchev–Trinajstić information content (AvgIpc) is 3.26. The van der Waals surface area contributed by atoms with E-state index in [0.29, 0.717) is 19.0 Å². The number of anilines is 1. The normalized spacial score (nSPS) is 25.6.